The normalized spacial score (nSPS) is 20.3. The van der Waals surface area contributed by atoms with E-state index >= 15 is 0 Å². The lowest BCUT2D eigenvalue weighted by atomic mass is 9.92. The van der Waals surface area contributed by atoms with E-state index < -0.39 is 14.2 Å². The van der Waals surface area contributed by atoms with Gasteiger partial charge in [-0.3, -0.25) is 0 Å². The molecule has 5 heteroatoms. The smallest absolute Gasteiger partial charge is 0.248 e. The zero-order valence-corrected chi connectivity index (χ0v) is 16.1. The molecule has 0 unspecified atom stereocenters. The molecule has 1 aliphatic carbocycles. The minimum atomic E-state index is -2.42. The average Bonchev–Trinajstić information content (AvgIpc) is 2.38. The fraction of sp³-hybridized carbons (Fsp3) is 1.00. The quantitative estimate of drug-likeness (QED) is 0.477. The van der Waals surface area contributed by atoms with Crippen LogP contribution in [0.3, 0.4) is 0 Å². The predicted octanol–water partition coefficient (Wildman–Crippen LogP) is 5.35. The molecule has 1 saturated carbocycles. The Morgan fingerprint density at radius 1 is 1.09 bits per heavy atom. The highest BCUT2D eigenvalue weighted by Gasteiger charge is 2.37. The first-order chi connectivity index (χ1) is 10.0. The number of unbranched alkanes of at least 4 members (excludes halogenated alkanes) is 2. The van der Waals surface area contributed by atoms with E-state index in [1.54, 1.807) is 0 Å². The lowest BCUT2D eigenvalue weighted by Crippen LogP contribution is -2.41. The molecule has 2 nitrogen and oxygen atoms in total. The summed E-state index contributed by atoms with van der Waals surface area (Å²) in [5.74, 6) is -2.42. The first-order valence-electron chi connectivity index (χ1n) is 8.79. The first-order valence-corrected chi connectivity index (χ1v) is 11.7. The number of rotatable bonds is 8. The maximum atomic E-state index is 13.0. The van der Waals surface area contributed by atoms with Gasteiger partial charge in [0, 0.05) is 25.5 Å². The van der Waals surface area contributed by atoms with Crippen LogP contribution in [0.2, 0.25) is 18.1 Å². The van der Waals surface area contributed by atoms with Crippen molar-refractivity contribution < 1.29 is 13.2 Å². The second-order valence-corrected chi connectivity index (χ2v) is 13.1. The molecule has 0 radical (unpaired) electrons. The van der Waals surface area contributed by atoms with E-state index in [1.165, 1.54) is 0 Å². The minimum Gasteiger partial charge on any atom is -0.417 e. The van der Waals surface area contributed by atoms with Crippen LogP contribution in [0.1, 0.15) is 65.7 Å². The van der Waals surface area contributed by atoms with Gasteiger partial charge in [-0.25, -0.2) is 8.78 Å². The number of hydrogen-bond donors (Lipinski definition) is 1. The Bertz CT molecular complexity index is 319. The Kier molecular flexibility index (Phi) is 7.47. The van der Waals surface area contributed by atoms with Crippen LogP contribution in [0.4, 0.5) is 8.78 Å². The Morgan fingerprint density at radius 3 is 2.23 bits per heavy atom. The van der Waals surface area contributed by atoms with E-state index in [0.29, 0.717) is 18.9 Å². The average molecular weight is 336 g/mol. The third-order valence-corrected chi connectivity index (χ3v) is 9.78. The van der Waals surface area contributed by atoms with Gasteiger partial charge >= 0.3 is 0 Å². The van der Waals surface area contributed by atoms with Crippen molar-refractivity contribution in [3.63, 3.8) is 0 Å². The largest absolute Gasteiger partial charge is 0.417 e. The van der Waals surface area contributed by atoms with Gasteiger partial charge < -0.3 is 9.74 Å². The fourth-order valence-electron chi connectivity index (χ4n) is 2.50. The summed E-state index contributed by atoms with van der Waals surface area (Å²) in [6, 6.07) is 0.295. The molecule has 0 aromatic rings. The van der Waals surface area contributed by atoms with Crippen molar-refractivity contribution in [1.29, 1.82) is 0 Å². The van der Waals surface area contributed by atoms with Crippen LogP contribution in [0.5, 0.6) is 0 Å². The molecule has 132 valence electrons. The van der Waals surface area contributed by atoms with Gasteiger partial charge in [-0.1, -0.05) is 20.8 Å². The van der Waals surface area contributed by atoms with Crippen LogP contribution in [0.25, 0.3) is 0 Å². The monoisotopic (exact) mass is 335 g/mol. The Morgan fingerprint density at radius 2 is 1.68 bits per heavy atom. The van der Waals surface area contributed by atoms with Gasteiger partial charge in [-0.05, 0) is 56.8 Å². The molecule has 0 amide bonds. The standard InChI is InChI=1S/C17H35F2NOSi/c1-16(2,3)22(4,5)21-14-8-6-7-13-20-15-9-11-17(18,19)12-10-15/h15,20H,6-14H2,1-5H3. The summed E-state index contributed by atoms with van der Waals surface area (Å²) in [4.78, 5) is 0. The van der Waals surface area contributed by atoms with Crippen LogP contribution in [0, 0.1) is 0 Å². The van der Waals surface area contributed by atoms with Crippen LogP contribution < -0.4 is 5.32 Å². The molecule has 0 heterocycles. The van der Waals surface area contributed by atoms with Gasteiger partial charge in [-0.2, -0.15) is 0 Å². The topological polar surface area (TPSA) is 21.3 Å². The molecule has 1 rings (SSSR count). The SMILES string of the molecule is CC(C)(C)[Si](C)(C)OCCCCCNC1CCC(F)(F)CC1. The molecule has 0 saturated heterocycles. The van der Waals surface area contributed by atoms with Crippen molar-refractivity contribution in [2.45, 2.75) is 95.8 Å². The molecule has 0 atom stereocenters. The van der Waals surface area contributed by atoms with Gasteiger partial charge in [0.15, 0.2) is 8.32 Å². The maximum absolute atomic E-state index is 13.0. The third-order valence-electron chi connectivity index (χ3n) is 5.24. The molecular weight excluding hydrogens is 300 g/mol. The maximum Gasteiger partial charge on any atom is 0.248 e. The van der Waals surface area contributed by atoms with Gasteiger partial charge in [0.25, 0.3) is 0 Å². The van der Waals surface area contributed by atoms with Crippen molar-refractivity contribution >= 4 is 8.32 Å². The van der Waals surface area contributed by atoms with Crippen molar-refractivity contribution in [2.24, 2.45) is 0 Å². The van der Waals surface area contributed by atoms with E-state index in [0.717, 1.165) is 32.4 Å². The van der Waals surface area contributed by atoms with Crippen LogP contribution in [-0.4, -0.2) is 33.4 Å². The van der Waals surface area contributed by atoms with Crippen molar-refractivity contribution in [3.8, 4) is 0 Å². The summed E-state index contributed by atoms with van der Waals surface area (Å²) in [7, 11) is -1.60. The highest BCUT2D eigenvalue weighted by molar-refractivity contribution is 6.74. The Balaban J connectivity index is 2.01. The molecule has 0 aromatic carbocycles. The molecule has 0 aromatic heterocycles. The summed E-state index contributed by atoms with van der Waals surface area (Å²) in [6.07, 6.45) is 4.66. The Labute approximate surface area is 136 Å². The lowest BCUT2D eigenvalue weighted by Gasteiger charge is -2.36. The zero-order valence-electron chi connectivity index (χ0n) is 15.1. The summed E-state index contributed by atoms with van der Waals surface area (Å²) in [5.41, 5.74) is 0. The van der Waals surface area contributed by atoms with Gasteiger partial charge in [0.05, 0.1) is 0 Å². The van der Waals surface area contributed by atoms with Crippen molar-refractivity contribution in [1.82, 2.24) is 5.32 Å². The summed E-state index contributed by atoms with van der Waals surface area (Å²) < 4.78 is 32.2. The number of alkyl halides is 2. The zero-order chi connectivity index (χ0) is 16.9. The van der Waals surface area contributed by atoms with E-state index in [1.807, 2.05) is 0 Å². The number of hydrogen-bond acceptors (Lipinski definition) is 2. The number of nitrogens with one attached hydrogen (secondary N) is 1. The summed E-state index contributed by atoms with van der Waals surface area (Å²) in [5, 5.41) is 3.70. The van der Waals surface area contributed by atoms with E-state index in [-0.39, 0.29) is 17.9 Å². The van der Waals surface area contributed by atoms with Crippen LogP contribution in [0.15, 0.2) is 0 Å². The van der Waals surface area contributed by atoms with E-state index in [4.69, 9.17) is 4.43 Å². The highest BCUT2D eigenvalue weighted by atomic mass is 28.4. The molecule has 0 spiro atoms. The second kappa shape index (κ2) is 8.20. The molecular formula is C17H35F2NOSi. The van der Waals surface area contributed by atoms with E-state index in [2.05, 4.69) is 39.2 Å². The molecule has 0 bridgehead atoms. The molecule has 1 aliphatic rings. The molecule has 22 heavy (non-hydrogen) atoms. The first kappa shape index (κ1) is 20.0. The lowest BCUT2D eigenvalue weighted by molar-refractivity contribution is -0.0403. The van der Waals surface area contributed by atoms with Crippen molar-refractivity contribution in [2.75, 3.05) is 13.2 Å². The van der Waals surface area contributed by atoms with Crippen LogP contribution >= 0.6 is 0 Å². The highest BCUT2D eigenvalue weighted by Crippen LogP contribution is 2.36. The molecule has 1 fully saturated rings. The Hall–Kier alpha value is -0.00312. The number of halogens is 2. The second-order valence-electron chi connectivity index (χ2n) is 8.25. The summed E-state index contributed by atoms with van der Waals surface area (Å²) in [6.45, 7) is 13.1. The van der Waals surface area contributed by atoms with Crippen LogP contribution in [-0.2, 0) is 4.43 Å². The van der Waals surface area contributed by atoms with Gasteiger partial charge in [-0.15, -0.1) is 0 Å². The van der Waals surface area contributed by atoms with Crippen molar-refractivity contribution in [3.05, 3.63) is 0 Å². The molecule has 1 N–H and O–H groups in total. The fourth-order valence-corrected chi connectivity index (χ4v) is 3.59. The predicted molar refractivity (Wildman–Crippen MR) is 92.2 cm³/mol. The molecule has 0 aliphatic heterocycles. The van der Waals surface area contributed by atoms with Gasteiger partial charge in [0.1, 0.15) is 0 Å². The third kappa shape index (κ3) is 7.05. The minimum absolute atomic E-state index is 0.0466. The summed E-state index contributed by atoms with van der Waals surface area (Å²) >= 11 is 0. The van der Waals surface area contributed by atoms with E-state index in [9.17, 15) is 8.78 Å². The van der Waals surface area contributed by atoms with Gasteiger partial charge in [0.2, 0.25) is 5.92 Å².